The Balaban J connectivity index is 2.38. The first-order valence-corrected chi connectivity index (χ1v) is 7.18. The number of rotatable bonds is 2. The van der Waals surface area contributed by atoms with E-state index in [1.807, 2.05) is 0 Å². The highest BCUT2D eigenvalue weighted by Gasteiger charge is 2.42. The Morgan fingerprint density at radius 1 is 1.32 bits per heavy atom. The molecule has 0 radical (unpaired) electrons. The second-order valence-electron chi connectivity index (χ2n) is 6.33. The van der Waals surface area contributed by atoms with Gasteiger partial charge in [-0.2, -0.15) is 18.3 Å². The molecule has 1 aliphatic rings. The van der Waals surface area contributed by atoms with E-state index in [2.05, 4.69) is 10.4 Å². The largest absolute Gasteiger partial charge is 0.456 e. The van der Waals surface area contributed by atoms with Gasteiger partial charge < -0.3 is 10.1 Å². The average molecular weight is 319 g/mol. The van der Waals surface area contributed by atoms with Crippen LogP contribution in [0.25, 0.3) is 0 Å². The third kappa shape index (κ3) is 3.79. The Hall–Kier alpha value is -1.57. The van der Waals surface area contributed by atoms with Crippen molar-refractivity contribution in [3.05, 3.63) is 17.5 Å². The van der Waals surface area contributed by atoms with Crippen molar-refractivity contribution < 1.29 is 22.7 Å². The number of nitrogens with one attached hydrogen (secondary N) is 1. The molecule has 0 unspecified atom stereocenters. The number of alkyl halides is 3. The topological polar surface area (TPSA) is 56.1 Å². The summed E-state index contributed by atoms with van der Waals surface area (Å²) in [5.41, 5.74) is -2.41. The summed E-state index contributed by atoms with van der Waals surface area (Å²) < 4.78 is 46.2. The van der Waals surface area contributed by atoms with E-state index < -0.39 is 29.0 Å². The van der Waals surface area contributed by atoms with E-state index in [9.17, 15) is 18.0 Å². The standard InChI is InChI=1S/C14H20F3N3O2/c1-13(2,3)22-12(21)10-8-19-20(11(10)14(15,16)17)9-4-6-18-7-5-9/h8-9,18H,4-7H2,1-3H3. The minimum atomic E-state index is -4.66. The smallest absolute Gasteiger partial charge is 0.433 e. The maximum Gasteiger partial charge on any atom is 0.433 e. The number of hydrogen-bond donors (Lipinski definition) is 1. The number of halogens is 3. The van der Waals surface area contributed by atoms with E-state index in [-0.39, 0.29) is 6.04 Å². The van der Waals surface area contributed by atoms with Crippen LogP contribution in [0, 0.1) is 0 Å². The zero-order valence-electron chi connectivity index (χ0n) is 12.8. The van der Waals surface area contributed by atoms with Crippen molar-refractivity contribution in [2.45, 2.75) is 51.4 Å². The molecular weight excluding hydrogens is 299 g/mol. The third-order valence-corrected chi connectivity index (χ3v) is 3.34. The molecule has 8 heteroatoms. The Bertz CT molecular complexity index is 541. The molecule has 0 saturated carbocycles. The van der Waals surface area contributed by atoms with Crippen molar-refractivity contribution in [2.75, 3.05) is 13.1 Å². The van der Waals surface area contributed by atoms with Gasteiger partial charge in [-0.15, -0.1) is 0 Å². The number of carbonyl (C=O) groups is 1. The number of aromatic nitrogens is 2. The van der Waals surface area contributed by atoms with Crippen molar-refractivity contribution in [1.82, 2.24) is 15.1 Å². The predicted molar refractivity (Wildman–Crippen MR) is 73.5 cm³/mol. The summed E-state index contributed by atoms with van der Waals surface area (Å²) in [6, 6.07) is -0.367. The molecule has 1 aliphatic heterocycles. The lowest BCUT2D eigenvalue weighted by molar-refractivity contribution is -0.145. The van der Waals surface area contributed by atoms with Crippen molar-refractivity contribution >= 4 is 5.97 Å². The number of carbonyl (C=O) groups excluding carboxylic acids is 1. The number of esters is 1. The average Bonchev–Trinajstić information content (AvgIpc) is 2.82. The number of hydrogen-bond acceptors (Lipinski definition) is 4. The summed E-state index contributed by atoms with van der Waals surface area (Å²) in [5, 5.41) is 6.91. The maximum atomic E-state index is 13.4. The van der Waals surface area contributed by atoms with E-state index >= 15 is 0 Å². The van der Waals surface area contributed by atoms with E-state index in [1.54, 1.807) is 20.8 Å². The van der Waals surface area contributed by atoms with Crippen LogP contribution in [0.4, 0.5) is 13.2 Å². The molecule has 5 nitrogen and oxygen atoms in total. The highest BCUT2D eigenvalue weighted by Crippen LogP contribution is 2.35. The van der Waals surface area contributed by atoms with Gasteiger partial charge in [0.2, 0.25) is 0 Å². The second-order valence-corrected chi connectivity index (χ2v) is 6.33. The first-order valence-electron chi connectivity index (χ1n) is 7.18. The molecule has 2 heterocycles. The van der Waals surface area contributed by atoms with Crippen LogP contribution in [0.5, 0.6) is 0 Å². The highest BCUT2D eigenvalue weighted by atomic mass is 19.4. The number of ether oxygens (including phenoxy) is 1. The Kier molecular flexibility index (Phi) is 4.51. The monoisotopic (exact) mass is 319 g/mol. The number of nitrogens with zero attached hydrogens (tertiary/aromatic N) is 2. The zero-order chi connectivity index (χ0) is 16.5. The number of piperidine rings is 1. The van der Waals surface area contributed by atoms with Gasteiger partial charge in [0.1, 0.15) is 11.2 Å². The molecule has 1 aromatic rings. The van der Waals surface area contributed by atoms with Gasteiger partial charge in [0.05, 0.1) is 12.2 Å². The van der Waals surface area contributed by atoms with Crippen molar-refractivity contribution in [1.29, 1.82) is 0 Å². The molecule has 1 fully saturated rings. The second kappa shape index (κ2) is 5.91. The Morgan fingerprint density at radius 3 is 2.41 bits per heavy atom. The molecule has 22 heavy (non-hydrogen) atoms. The SMILES string of the molecule is CC(C)(C)OC(=O)c1cnn(C2CCNCC2)c1C(F)(F)F. The zero-order valence-corrected chi connectivity index (χ0v) is 12.8. The third-order valence-electron chi connectivity index (χ3n) is 3.34. The van der Waals surface area contributed by atoms with Crippen LogP contribution in [-0.2, 0) is 10.9 Å². The van der Waals surface area contributed by atoms with Crippen LogP contribution >= 0.6 is 0 Å². The molecule has 1 saturated heterocycles. The van der Waals surface area contributed by atoms with Crippen LogP contribution in [0.3, 0.4) is 0 Å². The van der Waals surface area contributed by atoms with Crippen LogP contribution in [0.2, 0.25) is 0 Å². The van der Waals surface area contributed by atoms with Crippen LogP contribution < -0.4 is 5.32 Å². The normalized spacial score (nSPS) is 17.5. The van der Waals surface area contributed by atoms with Crippen LogP contribution in [0.1, 0.15) is 55.7 Å². The molecule has 1 N–H and O–H groups in total. The molecule has 0 atom stereocenters. The summed E-state index contributed by atoms with van der Waals surface area (Å²) in [6.45, 7) is 6.08. The van der Waals surface area contributed by atoms with E-state index in [0.29, 0.717) is 25.9 Å². The molecule has 1 aromatic heterocycles. The Labute approximate surface area is 126 Å². The first-order chi connectivity index (χ1) is 10.1. The molecule has 0 spiro atoms. The Morgan fingerprint density at radius 2 is 1.91 bits per heavy atom. The first kappa shape index (κ1) is 16.8. The van der Waals surface area contributed by atoms with Gasteiger partial charge in [0.15, 0.2) is 5.69 Å². The molecule has 0 aliphatic carbocycles. The van der Waals surface area contributed by atoms with Crippen molar-refractivity contribution in [3.8, 4) is 0 Å². The van der Waals surface area contributed by atoms with Gasteiger partial charge in [0, 0.05) is 0 Å². The summed E-state index contributed by atoms with van der Waals surface area (Å²) >= 11 is 0. The van der Waals surface area contributed by atoms with Gasteiger partial charge >= 0.3 is 12.1 Å². The van der Waals surface area contributed by atoms with Crippen LogP contribution in [-0.4, -0.2) is 34.4 Å². The molecule has 0 bridgehead atoms. The minimum absolute atomic E-state index is 0.367. The molecular formula is C14H20F3N3O2. The minimum Gasteiger partial charge on any atom is -0.456 e. The van der Waals surface area contributed by atoms with Gasteiger partial charge in [-0.05, 0) is 46.7 Å². The summed E-state index contributed by atoms with van der Waals surface area (Å²) in [4.78, 5) is 12.0. The van der Waals surface area contributed by atoms with E-state index in [4.69, 9.17) is 4.74 Å². The predicted octanol–water partition coefficient (Wildman–Crippen LogP) is 2.78. The van der Waals surface area contributed by atoms with Crippen molar-refractivity contribution in [3.63, 3.8) is 0 Å². The van der Waals surface area contributed by atoms with Gasteiger partial charge in [-0.1, -0.05) is 0 Å². The summed E-state index contributed by atoms with van der Waals surface area (Å²) in [7, 11) is 0. The maximum absolute atomic E-state index is 13.4. The fraction of sp³-hybridized carbons (Fsp3) is 0.714. The molecule has 0 aromatic carbocycles. The van der Waals surface area contributed by atoms with Gasteiger partial charge in [-0.3, -0.25) is 4.68 Å². The fourth-order valence-corrected chi connectivity index (χ4v) is 2.46. The van der Waals surface area contributed by atoms with Crippen LogP contribution in [0.15, 0.2) is 6.20 Å². The summed E-state index contributed by atoms with van der Waals surface area (Å²) in [6.07, 6.45) is -2.62. The van der Waals surface area contributed by atoms with E-state index in [0.717, 1.165) is 10.9 Å². The van der Waals surface area contributed by atoms with Crippen molar-refractivity contribution in [2.24, 2.45) is 0 Å². The van der Waals surface area contributed by atoms with E-state index in [1.165, 1.54) is 0 Å². The molecule has 0 amide bonds. The van der Waals surface area contributed by atoms with Gasteiger partial charge in [-0.25, -0.2) is 4.79 Å². The quantitative estimate of drug-likeness (QED) is 0.852. The molecule has 2 rings (SSSR count). The lowest BCUT2D eigenvalue weighted by Crippen LogP contribution is -2.32. The lowest BCUT2D eigenvalue weighted by atomic mass is 10.1. The highest BCUT2D eigenvalue weighted by molar-refractivity contribution is 5.91. The molecule has 124 valence electrons. The fourth-order valence-electron chi connectivity index (χ4n) is 2.46. The lowest BCUT2D eigenvalue weighted by Gasteiger charge is -2.26. The summed E-state index contributed by atoms with van der Waals surface area (Å²) in [5.74, 6) is -1.000. The van der Waals surface area contributed by atoms with Gasteiger partial charge in [0.25, 0.3) is 0 Å².